The van der Waals surface area contributed by atoms with Crippen molar-refractivity contribution in [1.29, 1.82) is 0 Å². The van der Waals surface area contributed by atoms with E-state index < -0.39 is 23.5 Å². The number of aryl methyl sites for hydroxylation is 3. The number of hydrogen-bond acceptors (Lipinski definition) is 7. The van der Waals surface area contributed by atoms with Crippen LogP contribution in [0.3, 0.4) is 0 Å². The highest BCUT2D eigenvalue weighted by molar-refractivity contribution is 5.81. The van der Waals surface area contributed by atoms with E-state index in [4.69, 9.17) is 4.98 Å². The molecule has 9 nitrogen and oxygen atoms in total. The molecule has 3 heterocycles. The number of anilines is 2. The Kier molecular flexibility index (Phi) is 8.17. The van der Waals surface area contributed by atoms with Gasteiger partial charge in [-0.25, -0.2) is 4.98 Å². The average Bonchev–Trinajstić information content (AvgIpc) is 3.38. The Morgan fingerprint density at radius 1 is 0.905 bits per heavy atom. The molecule has 0 fully saturated rings. The second-order valence-corrected chi connectivity index (χ2v) is 11.7. The maximum atomic E-state index is 13.6. The van der Waals surface area contributed by atoms with Crippen LogP contribution in [-0.2, 0) is 39.5 Å². The fourth-order valence-electron chi connectivity index (χ4n) is 4.97. The maximum Gasteiger partial charge on any atom is 0.416 e. The Labute approximate surface area is 238 Å². The largest absolute Gasteiger partial charge is 0.416 e. The molecule has 1 aromatic carbocycles. The zero-order chi connectivity index (χ0) is 31.2. The molecule has 3 aromatic heterocycles. The molecule has 0 aliphatic rings. The van der Waals surface area contributed by atoms with E-state index in [1.807, 2.05) is 19.9 Å². The number of rotatable bonds is 8. The van der Waals surface area contributed by atoms with Crippen LogP contribution < -0.4 is 10.2 Å². The second-order valence-electron chi connectivity index (χ2n) is 11.7. The lowest BCUT2D eigenvalue weighted by Crippen LogP contribution is -2.27. The second kappa shape index (κ2) is 11.1. The molecular weight excluding hydrogens is 564 g/mol. The van der Waals surface area contributed by atoms with Gasteiger partial charge in [0, 0.05) is 37.1 Å². The van der Waals surface area contributed by atoms with Crippen molar-refractivity contribution in [2.75, 3.05) is 10.2 Å². The van der Waals surface area contributed by atoms with Gasteiger partial charge in [0.25, 0.3) is 5.95 Å². The molecule has 0 amide bonds. The highest BCUT2D eigenvalue weighted by atomic mass is 19.4. The molecule has 1 atom stereocenters. The topological polar surface area (TPSA) is 89.6 Å². The van der Waals surface area contributed by atoms with Gasteiger partial charge >= 0.3 is 12.4 Å². The first kappa shape index (κ1) is 31.0. The van der Waals surface area contributed by atoms with E-state index in [9.17, 15) is 26.3 Å². The molecule has 15 heteroatoms. The minimum Gasteiger partial charge on any atom is -0.367 e. The van der Waals surface area contributed by atoms with Gasteiger partial charge in [-0.15, -0.1) is 5.10 Å². The van der Waals surface area contributed by atoms with Crippen LogP contribution in [-0.4, -0.2) is 41.0 Å². The predicted octanol–water partition coefficient (Wildman–Crippen LogP) is 6.28. The monoisotopic (exact) mass is 597 g/mol. The minimum absolute atomic E-state index is 0.00509. The predicted molar refractivity (Wildman–Crippen MR) is 146 cm³/mol. The molecule has 0 aliphatic heterocycles. The number of hydrogen-bond donors (Lipinski definition) is 1. The summed E-state index contributed by atoms with van der Waals surface area (Å²) in [5, 5.41) is 20.7. The zero-order valence-corrected chi connectivity index (χ0v) is 24.4. The average molecular weight is 598 g/mol. The standard InChI is InChI=1S/C27H33F6N9/c1-15(12-25(3,4)5)34-22-18(10-21-16(2)37-40(6)23(21)35-22)14-42(24-36-39-41(7)38-24)13-17-8-19(26(28,29)30)11-20(9-17)27(31,32)33/h8-11,15H,12-14H2,1-7H3,(H,34,35). The van der Waals surface area contributed by atoms with Crippen molar-refractivity contribution in [3.05, 3.63) is 52.2 Å². The van der Waals surface area contributed by atoms with Crippen molar-refractivity contribution >= 4 is 22.8 Å². The fourth-order valence-corrected chi connectivity index (χ4v) is 4.97. The number of benzene rings is 1. The van der Waals surface area contributed by atoms with E-state index in [0.717, 1.165) is 16.6 Å². The third-order valence-electron chi connectivity index (χ3n) is 6.54. The van der Waals surface area contributed by atoms with Gasteiger partial charge in [-0.2, -0.15) is 36.2 Å². The molecular formula is C27H33F6N9. The molecule has 4 rings (SSSR count). The summed E-state index contributed by atoms with van der Waals surface area (Å²) in [6.45, 7) is 9.81. The van der Waals surface area contributed by atoms with Gasteiger partial charge < -0.3 is 10.2 Å². The first-order valence-corrected chi connectivity index (χ1v) is 13.2. The molecule has 0 aliphatic carbocycles. The Morgan fingerprint density at radius 2 is 1.52 bits per heavy atom. The molecule has 0 spiro atoms. The lowest BCUT2D eigenvalue weighted by atomic mass is 9.88. The number of pyridine rings is 1. The fraction of sp³-hybridized carbons (Fsp3) is 0.519. The SMILES string of the molecule is Cc1nn(C)c2nc(NC(C)CC(C)(C)C)c(CN(Cc3cc(C(F)(F)F)cc(C(F)(F)F)c3)c3nnn(C)n3)cc12. The van der Waals surface area contributed by atoms with Crippen molar-refractivity contribution < 1.29 is 26.3 Å². The van der Waals surface area contributed by atoms with E-state index in [1.54, 1.807) is 11.7 Å². The Balaban J connectivity index is 1.81. The third kappa shape index (κ3) is 7.29. The molecule has 4 aromatic rings. The molecule has 0 bridgehead atoms. The highest BCUT2D eigenvalue weighted by Gasteiger charge is 2.37. The smallest absolute Gasteiger partial charge is 0.367 e. The molecule has 0 saturated carbocycles. The number of fused-ring (bicyclic) bond motifs is 1. The van der Waals surface area contributed by atoms with Crippen molar-refractivity contribution in [2.45, 2.75) is 72.5 Å². The van der Waals surface area contributed by atoms with Crippen molar-refractivity contribution in [1.82, 2.24) is 35.0 Å². The lowest BCUT2D eigenvalue weighted by Gasteiger charge is -2.27. The van der Waals surface area contributed by atoms with Crippen LogP contribution in [0.4, 0.5) is 38.1 Å². The van der Waals surface area contributed by atoms with Crippen LogP contribution in [0.25, 0.3) is 11.0 Å². The molecule has 0 radical (unpaired) electrons. The zero-order valence-electron chi connectivity index (χ0n) is 24.4. The van der Waals surface area contributed by atoms with Gasteiger partial charge in [-0.1, -0.05) is 25.9 Å². The van der Waals surface area contributed by atoms with Crippen LogP contribution >= 0.6 is 0 Å². The number of tetrazole rings is 1. The van der Waals surface area contributed by atoms with Crippen LogP contribution in [0, 0.1) is 12.3 Å². The summed E-state index contributed by atoms with van der Waals surface area (Å²) < 4.78 is 83.1. The Bertz CT molecular complexity index is 1530. The first-order chi connectivity index (χ1) is 19.3. The van der Waals surface area contributed by atoms with Crippen LogP contribution in [0.5, 0.6) is 0 Å². The van der Waals surface area contributed by atoms with Crippen molar-refractivity contribution in [3.8, 4) is 0 Å². The quantitative estimate of drug-likeness (QED) is 0.239. The summed E-state index contributed by atoms with van der Waals surface area (Å²) in [5.74, 6) is 0.538. The number of alkyl halides is 6. The van der Waals surface area contributed by atoms with Gasteiger partial charge in [-0.3, -0.25) is 4.68 Å². The third-order valence-corrected chi connectivity index (χ3v) is 6.54. The summed E-state index contributed by atoms with van der Waals surface area (Å²) in [5.41, 5.74) is -1.03. The first-order valence-electron chi connectivity index (χ1n) is 13.2. The minimum atomic E-state index is -4.97. The van der Waals surface area contributed by atoms with Crippen molar-refractivity contribution in [3.63, 3.8) is 0 Å². The van der Waals surface area contributed by atoms with Gasteiger partial charge in [0.1, 0.15) is 5.82 Å². The summed E-state index contributed by atoms with van der Waals surface area (Å²) in [4.78, 5) is 7.45. The van der Waals surface area contributed by atoms with E-state index in [1.165, 1.54) is 11.9 Å². The van der Waals surface area contributed by atoms with Crippen molar-refractivity contribution in [2.24, 2.45) is 19.5 Å². The Morgan fingerprint density at radius 3 is 2.05 bits per heavy atom. The molecule has 1 N–H and O–H groups in total. The summed E-state index contributed by atoms with van der Waals surface area (Å²) in [6.07, 6.45) is -9.14. The summed E-state index contributed by atoms with van der Waals surface area (Å²) in [7, 11) is 3.28. The lowest BCUT2D eigenvalue weighted by molar-refractivity contribution is -0.143. The van der Waals surface area contributed by atoms with Gasteiger partial charge in [0.15, 0.2) is 5.65 Å². The highest BCUT2D eigenvalue weighted by Crippen LogP contribution is 2.37. The summed E-state index contributed by atoms with van der Waals surface area (Å²) >= 11 is 0. The van der Waals surface area contributed by atoms with E-state index in [2.05, 4.69) is 46.6 Å². The summed E-state index contributed by atoms with van der Waals surface area (Å²) in [6, 6.07) is 3.37. The van der Waals surface area contributed by atoms with Crippen LogP contribution in [0.2, 0.25) is 0 Å². The number of nitrogens with zero attached hydrogens (tertiary/aromatic N) is 8. The molecule has 1 unspecified atom stereocenters. The maximum absolute atomic E-state index is 13.6. The number of nitrogens with one attached hydrogen (secondary N) is 1. The van der Waals surface area contributed by atoms with Gasteiger partial charge in [-0.05, 0) is 60.7 Å². The molecule has 0 saturated heterocycles. The van der Waals surface area contributed by atoms with Crippen LogP contribution in [0.15, 0.2) is 24.3 Å². The Hall–Kier alpha value is -3.91. The van der Waals surface area contributed by atoms with E-state index in [0.29, 0.717) is 34.9 Å². The van der Waals surface area contributed by atoms with E-state index in [-0.39, 0.29) is 42.1 Å². The number of halogens is 6. The van der Waals surface area contributed by atoms with E-state index >= 15 is 0 Å². The molecule has 228 valence electrons. The molecule has 42 heavy (non-hydrogen) atoms. The van der Waals surface area contributed by atoms with Gasteiger partial charge in [0.05, 0.1) is 23.9 Å². The van der Waals surface area contributed by atoms with Crippen LogP contribution in [0.1, 0.15) is 62.1 Å². The normalized spacial score (nSPS) is 13.5. The van der Waals surface area contributed by atoms with Gasteiger partial charge in [0.2, 0.25) is 0 Å². The number of aromatic nitrogens is 7.